The zero-order valence-electron chi connectivity index (χ0n) is 26.7. The second kappa shape index (κ2) is 11.1. The fraction of sp³-hybridized carbons (Fsp3) is 0.143. The molecule has 0 radical (unpaired) electrons. The van der Waals surface area contributed by atoms with E-state index in [4.69, 9.17) is 20.9 Å². The van der Waals surface area contributed by atoms with Crippen LogP contribution in [0.3, 0.4) is 0 Å². The minimum absolute atomic E-state index is 0.232. The molecule has 2 aliphatic carbocycles. The standard InChI is InChI=1S/2C20H15.C2H7Si.BrH.ClH.Hf/c2*1-14-12-16-8-5-11-19(20(16)13-14)18-10-4-7-15-6-2-3-9-17(15)18;1-3-2;;;/h2*2-13H,1H3;3H,1-2H3;2*1H;/q;;;;;+2/p-2. The first-order valence-electron chi connectivity index (χ1n) is 16.3. The van der Waals surface area contributed by atoms with Gasteiger partial charge in [-0.3, -0.25) is 0 Å². The molecule has 0 N–H and O–H groups in total. The van der Waals surface area contributed by atoms with Crippen LogP contribution in [-0.4, -0.2) is 5.98 Å². The van der Waals surface area contributed by atoms with Gasteiger partial charge in [-0.05, 0) is 0 Å². The Labute approximate surface area is 283 Å². The van der Waals surface area contributed by atoms with Crippen molar-refractivity contribution in [2.24, 2.45) is 0 Å². The van der Waals surface area contributed by atoms with Gasteiger partial charge < -0.3 is 0 Å². The molecule has 0 fully saturated rings. The predicted octanol–water partition coefficient (Wildman–Crippen LogP) is 13.1. The summed E-state index contributed by atoms with van der Waals surface area (Å²) in [5, 5.41) is 5.14. The molecular formula is C42H37BrClHfSi. The van der Waals surface area contributed by atoms with Gasteiger partial charge in [-0.25, -0.2) is 0 Å². The van der Waals surface area contributed by atoms with Crippen LogP contribution in [0, 0.1) is 0 Å². The van der Waals surface area contributed by atoms with E-state index in [0.717, 1.165) is 0 Å². The van der Waals surface area contributed by atoms with Crippen LogP contribution in [0.5, 0.6) is 0 Å². The van der Waals surface area contributed by atoms with Crippen LogP contribution in [0.25, 0.3) is 56.0 Å². The number of hydrogen-bond acceptors (Lipinski definition) is 0. The Balaban J connectivity index is 1.32. The molecule has 0 saturated carbocycles. The van der Waals surface area contributed by atoms with E-state index < -0.39 is 20.1 Å². The molecule has 0 aliphatic heterocycles. The quantitative estimate of drug-likeness (QED) is 0.152. The van der Waals surface area contributed by atoms with Crippen LogP contribution in [0.1, 0.15) is 43.5 Å². The van der Waals surface area contributed by atoms with E-state index in [-0.39, 0.29) is 7.35 Å². The Morgan fingerprint density at radius 2 is 0.891 bits per heavy atom. The summed E-state index contributed by atoms with van der Waals surface area (Å²) in [5.41, 5.74) is 13.6. The third kappa shape index (κ3) is 4.38. The molecule has 0 nitrogen and oxygen atoms in total. The van der Waals surface area contributed by atoms with Gasteiger partial charge in [0.2, 0.25) is 0 Å². The van der Waals surface area contributed by atoms with Crippen molar-refractivity contribution in [2.45, 2.75) is 34.3 Å². The fourth-order valence-corrected chi connectivity index (χ4v) is 60.6. The molecule has 0 aromatic heterocycles. The number of fused-ring (bicyclic) bond motifs is 4. The SMILES string of the molecule is CC1=Cc2c(-c3cccc4ccccc34)cccc2[CH]1[Hf]([Cl])([Br])([CH]1C(C)=Cc2c(-c3cccc4ccccc34)cccc21)[SiH](C)C. The topological polar surface area (TPSA) is 0 Å². The first-order valence-corrected chi connectivity index (χ1v) is 41.9. The number of allylic oxidation sites excluding steroid dienone is 2. The van der Waals surface area contributed by atoms with Crippen molar-refractivity contribution in [3.63, 3.8) is 0 Å². The molecule has 4 heteroatoms. The van der Waals surface area contributed by atoms with Crippen LogP contribution < -0.4 is 0 Å². The molecule has 0 heterocycles. The molecule has 227 valence electrons. The second-order valence-corrected chi connectivity index (χ2v) is 86.6. The third-order valence-electron chi connectivity index (χ3n) is 10.9. The molecule has 2 atom stereocenters. The van der Waals surface area contributed by atoms with Crippen LogP contribution >= 0.6 is 20.9 Å². The van der Waals surface area contributed by atoms with Crippen molar-refractivity contribution in [3.05, 3.63) is 155 Å². The first-order chi connectivity index (χ1) is 22.2. The molecule has 6 aromatic rings. The van der Waals surface area contributed by atoms with Crippen LogP contribution in [-0.2, 0) is 14.2 Å². The van der Waals surface area contributed by atoms with Gasteiger partial charge in [0.05, 0.1) is 0 Å². The monoisotopic (exact) mass is 863 g/mol. The Hall–Kier alpha value is -2.82. The molecule has 2 aliphatic rings. The summed E-state index contributed by atoms with van der Waals surface area (Å²) in [7, 11) is 8.69. The minimum atomic E-state index is -4.59. The average molecular weight is 864 g/mol. The average Bonchev–Trinajstić information content (AvgIpc) is 3.60. The van der Waals surface area contributed by atoms with Crippen molar-refractivity contribution < 1.29 is 14.2 Å². The van der Waals surface area contributed by atoms with Crippen molar-refractivity contribution in [2.75, 3.05) is 0 Å². The molecule has 0 bridgehead atoms. The molecule has 46 heavy (non-hydrogen) atoms. The van der Waals surface area contributed by atoms with E-state index in [1.165, 1.54) is 77.2 Å². The van der Waals surface area contributed by atoms with Crippen molar-refractivity contribution >= 4 is 60.6 Å². The van der Waals surface area contributed by atoms with Crippen LogP contribution in [0.15, 0.2) is 132 Å². The molecule has 0 spiro atoms. The van der Waals surface area contributed by atoms with Crippen molar-refractivity contribution in [1.29, 1.82) is 0 Å². The van der Waals surface area contributed by atoms with E-state index >= 15 is 0 Å². The summed E-state index contributed by atoms with van der Waals surface area (Å²) in [6.45, 7) is 9.71. The zero-order chi connectivity index (χ0) is 31.8. The van der Waals surface area contributed by atoms with Gasteiger partial charge in [-0.15, -0.1) is 0 Å². The molecule has 2 unspecified atom stereocenters. The van der Waals surface area contributed by atoms with Gasteiger partial charge in [0.15, 0.2) is 0 Å². The summed E-state index contributed by atoms with van der Waals surface area (Å²) in [5.74, 6) is -1.46. The summed E-state index contributed by atoms with van der Waals surface area (Å²) >= 11 is 0.146. The van der Waals surface area contributed by atoms with Gasteiger partial charge in [0, 0.05) is 0 Å². The Morgan fingerprint density at radius 3 is 1.33 bits per heavy atom. The predicted molar refractivity (Wildman–Crippen MR) is 205 cm³/mol. The van der Waals surface area contributed by atoms with E-state index in [1.54, 1.807) is 0 Å². The number of halogens is 2. The number of rotatable bonds is 5. The molecule has 6 aromatic carbocycles. The van der Waals surface area contributed by atoms with Crippen molar-refractivity contribution in [1.82, 2.24) is 0 Å². The normalized spacial score (nSPS) is 18.3. The van der Waals surface area contributed by atoms with Crippen LogP contribution in [0.2, 0.25) is 13.1 Å². The molecule has 0 saturated heterocycles. The fourth-order valence-electron chi connectivity index (χ4n) is 8.79. The zero-order valence-corrected chi connectivity index (χ0v) is 33.8. The van der Waals surface area contributed by atoms with Gasteiger partial charge in [0.25, 0.3) is 0 Å². The molecular weight excluding hydrogens is 826 g/mol. The maximum absolute atomic E-state index is 8.69. The van der Waals surface area contributed by atoms with E-state index in [0.29, 0.717) is 0 Å². The summed E-state index contributed by atoms with van der Waals surface area (Å²) in [4.78, 5) is 0. The summed E-state index contributed by atoms with van der Waals surface area (Å²) in [6, 6.07) is 44.7. The third-order valence-corrected chi connectivity index (χ3v) is 100. The molecule has 0 amide bonds. The second-order valence-electron chi connectivity index (χ2n) is 13.7. The van der Waals surface area contributed by atoms with Crippen molar-refractivity contribution in [3.8, 4) is 22.3 Å². The number of benzene rings is 6. The van der Waals surface area contributed by atoms with Gasteiger partial charge in [-0.1, -0.05) is 0 Å². The maximum atomic E-state index is 8.69. The van der Waals surface area contributed by atoms with E-state index in [1.807, 2.05) is 0 Å². The van der Waals surface area contributed by atoms with E-state index in [9.17, 15) is 0 Å². The number of hydrogen-bond donors (Lipinski definition) is 0. The molecule has 8 rings (SSSR count). The van der Waals surface area contributed by atoms with Crippen LogP contribution in [0.4, 0.5) is 0 Å². The Bertz CT molecular complexity index is 2110. The van der Waals surface area contributed by atoms with Gasteiger partial charge in [-0.2, -0.15) is 0 Å². The summed E-state index contributed by atoms with van der Waals surface area (Å²) < 4.78 is 0.464. The van der Waals surface area contributed by atoms with Gasteiger partial charge >= 0.3 is 286 Å². The Kier molecular flexibility index (Phi) is 7.38. The van der Waals surface area contributed by atoms with Gasteiger partial charge in [0.1, 0.15) is 0 Å². The Morgan fingerprint density at radius 1 is 0.522 bits per heavy atom. The summed E-state index contributed by atoms with van der Waals surface area (Å²) in [6.07, 6.45) is 4.93. The van der Waals surface area contributed by atoms with E-state index in [2.05, 4.69) is 160 Å². The first kappa shape index (κ1) is 30.5.